The Balaban J connectivity index is 2.72. The van der Waals surface area contributed by atoms with Crippen LogP contribution in [0.15, 0.2) is 0 Å². The first kappa shape index (κ1) is 19.6. The maximum atomic E-state index is 12.5. The number of ketones is 1. The number of aromatic nitrogens is 1. The summed E-state index contributed by atoms with van der Waals surface area (Å²) in [5, 5.41) is 3.62. The molecule has 7 heteroatoms. The van der Waals surface area contributed by atoms with Gasteiger partial charge in [-0.05, 0) is 41.0 Å². The third-order valence-electron chi connectivity index (χ3n) is 2.98. The van der Waals surface area contributed by atoms with Gasteiger partial charge in [0.15, 0.2) is 5.78 Å². The number of hydrogen-bond donors (Lipinski definition) is 1. The van der Waals surface area contributed by atoms with Crippen molar-refractivity contribution in [3.05, 3.63) is 15.6 Å². The molecule has 1 N–H and O–H groups in total. The molecule has 1 amide bonds. The van der Waals surface area contributed by atoms with E-state index in [0.717, 1.165) is 10.7 Å². The second kappa shape index (κ2) is 8.40. The SMILES string of the molecule is COCCC(CC(=O)c1sc(C)nc1C)NC(=O)OC(C)(C)C. The van der Waals surface area contributed by atoms with Crippen molar-refractivity contribution in [1.29, 1.82) is 0 Å². The summed E-state index contributed by atoms with van der Waals surface area (Å²) in [5.41, 5.74) is 0.158. The largest absolute Gasteiger partial charge is 0.444 e. The summed E-state index contributed by atoms with van der Waals surface area (Å²) in [7, 11) is 1.59. The van der Waals surface area contributed by atoms with Gasteiger partial charge >= 0.3 is 6.09 Å². The fourth-order valence-corrected chi connectivity index (χ4v) is 2.93. The Hall–Kier alpha value is -1.47. The van der Waals surface area contributed by atoms with Crippen molar-refractivity contribution >= 4 is 23.2 Å². The molecule has 0 spiro atoms. The average molecular weight is 342 g/mol. The van der Waals surface area contributed by atoms with Crippen molar-refractivity contribution in [1.82, 2.24) is 10.3 Å². The average Bonchev–Trinajstić information content (AvgIpc) is 2.72. The summed E-state index contributed by atoms with van der Waals surface area (Å²) in [4.78, 5) is 29.3. The molecule has 1 unspecified atom stereocenters. The van der Waals surface area contributed by atoms with Gasteiger partial charge in [-0.2, -0.15) is 0 Å². The van der Waals surface area contributed by atoms with Gasteiger partial charge in [-0.25, -0.2) is 9.78 Å². The number of methoxy groups -OCH3 is 1. The molecule has 0 aromatic carbocycles. The number of carbonyl (C=O) groups is 2. The zero-order chi connectivity index (χ0) is 17.6. The van der Waals surface area contributed by atoms with Gasteiger partial charge in [-0.15, -0.1) is 11.3 Å². The second-order valence-corrected chi connectivity index (χ2v) is 7.60. The number of alkyl carbamates (subject to hydrolysis) is 1. The van der Waals surface area contributed by atoms with E-state index >= 15 is 0 Å². The number of Topliss-reactive ketones (excluding diaryl/α,β-unsaturated/α-hetero) is 1. The summed E-state index contributed by atoms with van der Waals surface area (Å²) in [6.45, 7) is 9.54. The highest BCUT2D eigenvalue weighted by Crippen LogP contribution is 2.20. The molecule has 130 valence electrons. The fraction of sp³-hybridized carbons (Fsp3) is 0.688. The maximum absolute atomic E-state index is 12.5. The molecule has 1 heterocycles. The highest BCUT2D eigenvalue weighted by molar-refractivity contribution is 7.13. The van der Waals surface area contributed by atoms with E-state index in [1.54, 1.807) is 27.9 Å². The topological polar surface area (TPSA) is 77.5 Å². The van der Waals surface area contributed by atoms with Crippen LogP contribution in [0.1, 0.15) is 54.0 Å². The molecule has 0 aliphatic carbocycles. The van der Waals surface area contributed by atoms with Gasteiger partial charge in [0, 0.05) is 26.2 Å². The molecule has 6 nitrogen and oxygen atoms in total. The number of rotatable bonds is 7. The van der Waals surface area contributed by atoms with Crippen molar-refractivity contribution in [2.24, 2.45) is 0 Å². The highest BCUT2D eigenvalue weighted by atomic mass is 32.1. The minimum Gasteiger partial charge on any atom is -0.444 e. The van der Waals surface area contributed by atoms with Gasteiger partial charge in [-0.1, -0.05) is 0 Å². The molecule has 0 bridgehead atoms. The fourth-order valence-electron chi connectivity index (χ4n) is 2.07. The first-order chi connectivity index (χ1) is 10.6. The molecule has 0 radical (unpaired) electrons. The van der Waals surface area contributed by atoms with Crippen LogP contribution in [0.4, 0.5) is 4.79 Å². The summed E-state index contributed by atoms with van der Waals surface area (Å²) in [6, 6.07) is -0.334. The molecule has 1 aromatic heterocycles. The number of aryl methyl sites for hydroxylation is 2. The van der Waals surface area contributed by atoms with E-state index in [4.69, 9.17) is 9.47 Å². The molecular formula is C16H26N2O4S. The highest BCUT2D eigenvalue weighted by Gasteiger charge is 2.23. The lowest BCUT2D eigenvalue weighted by Gasteiger charge is -2.23. The van der Waals surface area contributed by atoms with E-state index in [0.29, 0.717) is 17.9 Å². The molecule has 1 atom stereocenters. The zero-order valence-electron chi connectivity index (χ0n) is 14.7. The zero-order valence-corrected chi connectivity index (χ0v) is 15.5. The van der Waals surface area contributed by atoms with Crippen molar-refractivity contribution in [2.75, 3.05) is 13.7 Å². The van der Waals surface area contributed by atoms with Crippen molar-refractivity contribution < 1.29 is 19.1 Å². The van der Waals surface area contributed by atoms with Crippen LogP contribution in [-0.2, 0) is 9.47 Å². The number of nitrogens with one attached hydrogen (secondary N) is 1. The van der Waals surface area contributed by atoms with Crippen LogP contribution in [0.25, 0.3) is 0 Å². The van der Waals surface area contributed by atoms with Crippen LogP contribution in [-0.4, -0.2) is 42.2 Å². The third-order valence-corrected chi connectivity index (χ3v) is 4.09. The predicted molar refractivity (Wildman–Crippen MR) is 90.2 cm³/mol. The summed E-state index contributed by atoms with van der Waals surface area (Å²) < 4.78 is 10.3. The molecule has 0 aliphatic heterocycles. The Bertz CT molecular complexity index is 549. The summed E-state index contributed by atoms with van der Waals surface area (Å²) in [5.74, 6) is -0.0229. The number of carbonyl (C=O) groups excluding carboxylic acids is 2. The van der Waals surface area contributed by atoms with Crippen molar-refractivity contribution in [2.45, 2.75) is 59.1 Å². The molecular weight excluding hydrogens is 316 g/mol. The first-order valence-corrected chi connectivity index (χ1v) is 8.39. The van der Waals surface area contributed by atoms with E-state index in [9.17, 15) is 9.59 Å². The Morgan fingerprint density at radius 1 is 1.30 bits per heavy atom. The third kappa shape index (κ3) is 7.09. The molecule has 0 fully saturated rings. The number of amides is 1. The number of hydrogen-bond acceptors (Lipinski definition) is 6. The van der Waals surface area contributed by atoms with Crippen LogP contribution in [0.2, 0.25) is 0 Å². The van der Waals surface area contributed by atoms with Crippen molar-refractivity contribution in [3.8, 4) is 0 Å². The van der Waals surface area contributed by atoms with Gasteiger partial charge in [-0.3, -0.25) is 4.79 Å². The maximum Gasteiger partial charge on any atom is 0.407 e. The van der Waals surface area contributed by atoms with Crippen LogP contribution in [0, 0.1) is 13.8 Å². The van der Waals surface area contributed by atoms with Crippen LogP contribution in [0.5, 0.6) is 0 Å². The molecule has 0 saturated carbocycles. The quantitative estimate of drug-likeness (QED) is 0.770. The number of thiazole rings is 1. The molecule has 1 aromatic rings. The van der Waals surface area contributed by atoms with E-state index in [2.05, 4.69) is 10.3 Å². The lowest BCUT2D eigenvalue weighted by Crippen LogP contribution is -2.40. The minimum absolute atomic E-state index is 0.0229. The first-order valence-electron chi connectivity index (χ1n) is 7.58. The van der Waals surface area contributed by atoms with Gasteiger partial charge in [0.25, 0.3) is 0 Å². The Labute approximate surface area is 141 Å². The molecule has 1 rings (SSSR count). The van der Waals surface area contributed by atoms with Crippen LogP contribution in [0.3, 0.4) is 0 Å². The monoisotopic (exact) mass is 342 g/mol. The summed E-state index contributed by atoms with van der Waals surface area (Å²) >= 11 is 1.38. The Morgan fingerprint density at radius 2 is 1.96 bits per heavy atom. The number of nitrogens with zero attached hydrogens (tertiary/aromatic N) is 1. The molecule has 23 heavy (non-hydrogen) atoms. The van der Waals surface area contributed by atoms with E-state index in [1.807, 2.05) is 13.8 Å². The molecule has 0 aliphatic rings. The Morgan fingerprint density at radius 3 is 2.43 bits per heavy atom. The smallest absolute Gasteiger partial charge is 0.407 e. The minimum atomic E-state index is -0.578. The van der Waals surface area contributed by atoms with Gasteiger partial charge in [0.05, 0.1) is 15.6 Å². The Kier molecular flexibility index (Phi) is 7.15. The molecule has 0 saturated heterocycles. The van der Waals surface area contributed by atoms with E-state index in [1.165, 1.54) is 11.3 Å². The van der Waals surface area contributed by atoms with E-state index < -0.39 is 11.7 Å². The van der Waals surface area contributed by atoms with Gasteiger partial charge in [0.1, 0.15) is 5.60 Å². The predicted octanol–water partition coefficient (Wildman–Crippen LogP) is 3.26. The van der Waals surface area contributed by atoms with Gasteiger partial charge < -0.3 is 14.8 Å². The second-order valence-electron chi connectivity index (χ2n) is 6.40. The standard InChI is InChI=1S/C16H26N2O4S/c1-10-14(23-11(2)17-10)13(19)9-12(7-8-21-6)18-15(20)22-16(3,4)5/h12H,7-9H2,1-6H3,(H,18,20). The van der Waals surface area contributed by atoms with Gasteiger partial charge in [0.2, 0.25) is 0 Å². The lowest BCUT2D eigenvalue weighted by atomic mass is 10.1. The lowest BCUT2D eigenvalue weighted by molar-refractivity contribution is 0.0490. The summed E-state index contributed by atoms with van der Waals surface area (Å²) in [6.07, 6.45) is 0.215. The van der Waals surface area contributed by atoms with Crippen LogP contribution < -0.4 is 5.32 Å². The normalized spacial score (nSPS) is 12.8. The number of ether oxygens (including phenoxy) is 2. The van der Waals surface area contributed by atoms with E-state index in [-0.39, 0.29) is 18.2 Å². The van der Waals surface area contributed by atoms with Crippen LogP contribution >= 0.6 is 11.3 Å². The van der Waals surface area contributed by atoms with Crippen molar-refractivity contribution in [3.63, 3.8) is 0 Å².